The lowest BCUT2D eigenvalue weighted by atomic mass is 10.0. The fraction of sp³-hybridized carbons (Fsp3) is 0.407. The molecule has 174 valence electrons. The zero-order valence-corrected chi connectivity index (χ0v) is 20.1. The van der Waals surface area contributed by atoms with Gasteiger partial charge in [-0.2, -0.15) is 0 Å². The summed E-state index contributed by atoms with van der Waals surface area (Å²) < 4.78 is 5.71. The average Bonchev–Trinajstić information content (AvgIpc) is 3.09. The molecule has 6 heteroatoms. The Morgan fingerprint density at radius 1 is 0.879 bits per heavy atom. The molecule has 2 aromatic rings. The number of amides is 2. The second-order valence-electron chi connectivity index (χ2n) is 8.68. The van der Waals surface area contributed by atoms with Gasteiger partial charge >= 0.3 is 0 Å². The standard InChI is InChI=1S/C27H33N3O3/c1-5-18-33-22-12-10-21(11-13-22)24-25(29-16-14-28(6-2)15-17-29)27(32)30(26(24)31)23-9-7-8-19(3)20(23)4/h7-13H,5-6,14-18H2,1-4H3. The maximum absolute atomic E-state index is 13.8. The molecular formula is C27H33N3O3. The smallest absolute Gasteiger partial charge is 0.282 e. The van der Waals surface area contributed by atoms with E-state index in [1.54, 1.807) is 0 Å². The van der Waals surface area contributed by atoms with Crippen LogP contribution in [0.5, 0.6) is 5.75 Å². The number of anilines is 1. The summed E-state index contributed by atoms with van der Waals surface area (Å²) in [4.78, 5) is 33.4. The number of benzene rings is 2. The summed E-state index contributed by atoms with van der Waals surface area (Å²) in [6.07, 6.45) is 0.929. The predicted octanol–water partition coefficient (Wildman–Crippen LogP) is 4.01. The third-order valence-electron chi connectivity index (χ3n) is 6.63. The van der Waals surface area contributed by atoms with Gasteiger partial charge in [0.05, 0.1) is 17.9 Å². The maximum Gasteiger partial charge on any atom is 0.282 e. The van der Waals surface area contributed by atoms with Crippen molar-refractivity contribution in [3.63, 3.8) is 0 Å². The van der Waals surface area contributed by atoms with Gasteiger partial charge in [-0.15, -0.1) is 0 Å². The Kier molecular flexibility index (Phi) is 6.84. The number of aryl methyl sites for hydroxylation is 1. The third-order valence-corrected chi connectivity index (χ3v) is 6.63. The first-order valence-corrected chi connectivity index (χ1v) is 11.9. The first kappa shape index (κ1) is 23.1. The van der Waals surface area contributed by atoms with Crippen LogP contribution in [0, 0.1) is 13.8 Å². The molecule has 0 aromatic heterocycles. The monoisotopic (exact) mass is 447 g/mol. The number of likely N-dealkylation sites (N-methyl/N-ethyl adjacent to an activating group) is 1. The van der Waals surface area contributed by atoms with Crippen molar-refractivity contribution < 1.29 is 14.3 Å². The van der Waals surface area contributed by atoms with Gasteiger partial charge in [0.15, 0.2) is 0 Å². The number of piperazine rings is 1. The molecule has 0 saturated carbocycles. The molecule has 0 spiro atoms. The van der Waals surface area contributed by atoms with Gasteiger partial charge in [-0.25, -0.2) is 4.90 Å². The van der Waals surface area contributed by atoms with E-state index in [-0.39, 0.29) is 11.8 Å². The van der Waals surface area contributed by atoms with Gasteiger partial charge in [0.25, 0.3) is 11.8 Å². The highest BCUT2D eigenvalue weighted by Gasteiger charge is 2.43. The zero-order chi connectivity index (χ0) is 23.5. The highest BCUT2D eigenvalue weighted by molar-refractivity contribution is 6.45. The van der Waals surface area contributed by atoms with Crippen LogP contribution in [-0.4, -0.2) is 60.9 Å². The summed E-state index contributed by atoms with van der Waals surface area (Å²) in [5.41, 5.74) is 4.40. The van der Waals surface area contributed by atoms with E-state index in [1.807, 2.05) is 56.3 Å². The fourth-order valence-corrected chi connectivity index (χ4v) is 4.49. The van der Waals surface area contributed by atoms with Crippen LogP contribution in [0.4, 0.5) is 5.69 Å². The van der Waals surface area contributed by atoms with Crippen LogP contribution in [0.15, 0.2) is 48.2 Å². The van der Waals surface area contributed by atoms with Crippen molar-refractivity contribution in [2.45, 2.75) is 34.1 Å². The van der Waals surface area contributed by atoms with Crippen LogP contribution in [0.25, 0.3) is 5.57 Å². The number of hydrogen-bond acceptors (Lipinski definition) is 5. The van der Waals surface area contributed by atoms with Crippen LogP contribution in [0.2, 0.25) is 0 Å². The number of carbonyl (C=O) groups excluding carboxylic acids is 2. The quantitative estimate of drug-likeness (QED) is 0.600. The molecule has 33 heavy (non-hydrogen) atoms. The Morgan fingerprint density at radius 3 is 2.21 bits per heavy atom. The van der Waals surface area contributed by atoms with Crippen molar-refractivity contribution in [1.29, 1.82) is 0 Å². The van der Waals surface area contributed by atoms with Gasteiger partial charge in [0.2, 0.25) is 0 Å². The molecule has 1 saturated heterocycles. The lowest BCUT2D eigenvalue weighted by molar-refractivity contribution is -0.120. The molecule has 6 nitrogen and oxygen atoms in total. The second kappa shape index (κ2) is 9.79. The zero-order valence-electron chi connectivity index (χ0n) is 20.1. The van der Waals surface area contributed by atoms with Crippen LogP contribution < -0.4 is 9.64 Å². The highest BCUT2D eigenvalue weighted by atomic mass is 16.5. The molecule has 0 radical (unpaired) electrons. The van der Waals surface area contributed by atoms with E-state index >= 15 is 0 Å². The van der Waals surface area contributed by atoms with Gasteiger partial charge < -0.3 is 14.5 Å². The first-order chi connectivity index (χ1) is 16.0. The van der Waals surface area contributed by atoms with E-state index in [1.165, 1.54) is 4.90 Å². The van der Waals surface area contributed by atoms with Gasteiger partial charge in [-0.1, -0.05) is 38.1 Å². The van der Waals surface area contributed by atoms with Crippen molar-refractivity contribution in [2.75, 3.05) is 44.2 Å². The molecule has 4 rings (SSSR count). The van der Waals surface area contributed by atoms with E-state index in [9.17, 15) is 9.59 Å². The summed E-state index contributed by atoms with van der Waals surface area (Å²) in [5.74, 6) is 0.270. The maximum atomic E-state index is 13.8. The molecule has 1 fully saturated rings. The number of rotatable bonds is 7. The number of carbonyl (C=O) groups is 2. The third kappa shape index (κ3) is 4.40. The van der Waals surface area contributed by atoms with Crippen molar-refractivity contribution >= 4 is 23.1 Å². The molecular weight excluding hydrogens is 414 g/mol. The van der Waals surface area contributed by atoms with Crippen LogP contribution in [0.3, 0.4) is 0 Å². The van der Waals surface area contributed by atoms with Gasteiger partial charge in [0, 0.05) is 26.2 Å². The summed E-state index contributed by atoms with van der Waals surface area (Å²) in [6.45, 7) is 13.0. The molecule has 0 N–H and O–H groups in total. The van der Waals surface area contributed by atoms with Crippen molar-refractivity contribution in [3.8, 4) is 5.75 Å². The van der Waals surface area contributed by atoms with Crippen molar-refractivity contribution in [2.24, 2.45) is 0 Å². The molecule has 0 unspecified atom stereocenters. The fourth-order valence-electron chi connectivity index (χ4n) is 4.49. The van der Waals surface area contributed by atoms with Crippen molar-refractivity contribution in [3.05, 3.63) is 64.9 Å². The summed E-state index contributed by atoms with van der Waals surface area (Å²) in [6, 6.07) is 13.3. The SMILES string of the molecule is CCCOc1ccc(C2=C(N3CCN(CC)CC3)C(=O)N(c3cccc(C)c3C)C2=O)cc1. The number of hydrogen-bond donors (Lipinski definition) is 0. The van der Waals surface area contributed by atoms with Crippen molar-refractivity contribution in [1.82, 2.24) is 9.80 Å². The summed E-state index contributed by atoms with van der Waals surface area (Å²) in [5, 5.41) is 0. The summed E-state index contributed by atoms with van der Waals surface area (Å²) >= 11 is 0. The van der Waals surface area contributed by atoms with E-state index in [0.29, 0.717) is 23.6 Å². The van der Waals surface area contributed by atoms with E-state index < -0.39 is 0 Å². The lowest BCUT2D eigenvalue weighted by Gasteiger charge is -2.36. The van der Waals surface area contributed by atoms with E-state index in [2.05, 4.69) is 23.6 Å². The molecule has 2 heterocycles. The van der Waals surface area contributed by atoms with Gasteiger partial charge in [-0.05, 0) is 61.7 Å². The predicted molar refractivity (Wildman–Crippen MR) is 131 cm³/mol. The Morgan fingerprint density at radius 2 is 1.58 bits per heavy atom. The minimum Gasteiger partial charge on any atom is -0.494 e. The number of ether oxygens (including phenoxy) is 1. The molecule has 2 aliphatic rings. The number of imide groups is 1. The molecule has 2 aliphatic heterocycles. The van der Waals surface area contributed by atoms with E-state index in [4.69, 9.17) is 4.74 Å². The van der Waals surface area contributed by atoms with Gasteiger partial charge in [0.1, 0.15) is 11.4 Å². The number of nitrogens with zero attached hydrogens (tertiary/aromatic N) is 3. The molecule has 0 atom stereocenters. The Balaban J connectivity index is 1.75. The molecule has 0 bridgehead atoms. The molecule has 0 aliphatic carbocycles. The van der Waals surface area contributed by atoms with Crippen LogP contribution in [-0.2, 0) is 9.59 Å². The minimum atomic E-state index is -0.260. The van der Waals surface area contributed by atoms with Crippen LogP contribution in [0.1, 0.15) is 37.0 Å². The second-order valence-corrected chi connectivity index (χ2v) is 8.68. The highest BCUT2D eigenvalue weighted by Crippen LogP contribution is 2.37. The Bertz CT molecular complexity index is 1070. The van der Waals surface area contributed by atoms with Gasteiger partial charge in [-0.3, -0.25) is 9.59 Å². The topological polar surface area (TPSA) is 53.1 Å². The Hall–Kier alpha value is -3.12. The Labute approximate surface area is 196 Å². The minimum absolute atomic E-state index is 0.236. The van der Waals surface area contributed by atoms with E-state index in [0.717, 1.165) is 61.6 Å². The average molecular weight is 448 g/mol. The summed E-state index contributed by atoms with van der Waals surface area (Å²) in [7, 11) is 0. The molecule has 2 amide bonds. The normalized spacial score (nSPS) is 17.3. The van der Waals surface area contributed by atoms with Crippen LogP contribution >= 0.6 is 0 Å². The first-order valence-electron chi connectivity index (χ1n) is 11.9. The largest absolute Gasteiger partial charge is 0.494 e. The lowest BCUT2D eigenvalue weighted by Crippen LogP contribution is -2.47. The molecule has 2 aromatic carbocycles.